The molecule has 0 radical (unpaired) electrons. The first-order valence-electron chi connectivity index (χ1n) is 7.52. The fraction of sp³-hybridized carbons (Fsp3) is 0.353. The van der Waals surface area contributed by atoms with Crippen molar-refractivity contribution in [2.24, 2.45) is 5.92 Å². The van der Waals surface area contributed by atoms with Crippen molar-refractivity contribution >= 4 is 5.91 Å². The second kappa shape index (κ2) is 6.13. The average molecular weight is 297 g/mol. The molecule has 1 aromatic carbocycles. The van der Waals surface area contributed by atoms with Crippen molar-refractivity contribution in [3.05, 3.63) is 48.4 Å². The molecular formula is C17H19N3O2. The molecule has 1 heterocycles. The van der Waals surface area contributed by atoms with Gasteiger partial charge in [-0.05, 0) is 30.9 Å². The molecule has 114 valence electrons. The zero-order valence-electron chi connectivity index (χ0n) is 12.6. The summed E-state index contributed by atoms with van der Waals surface area (Å²) in [6.07, 6.45) is 4.11. The molecule has 1 N–H and O–H groups in total. The maximum Gasteiger partial charge on any atom is 0.251 e. The van der Waals surface area contributed by atoms with Crippen LogP contribution in [0.5, 0.6) is 0 Å². The summed E-state index contributed by atoms with van der Waals surface area (Å²) in [5, 5.41) is 6.80. The minimum atomic E-state index is -0.142. The van der Waals surface area contributed by atoms with Crippen molar-refractivity contribution in [2.75, 3.05) is 6.54 Å². The van der Waals surface area contributed by atoms with Gasteiger partial charge in [0.1, 0.15) is 0 Å². The largest absolute Gasteiger partial charge is 0.349 e. The molecule has 0 aliphatic heterocycles. The number of benzene rings is 1. The number of aromatic nitrogens is 2. The molecule has 1 unspecified atom stereocenters. The highest BCUT2D eigenvalue weighted by atomic mass is 16.5. The van der Waals surface area contributed by atoms with E-state index in [0.717, 1.165) is 5.56 Å². The third-order valence-corrected chi connectivity index (χ3v) is 3.95. The van der Waals surface area contributed by atoms with E-state index in [-0.39, 0.29) is 5.91 Å². The maximum atomic E-state index is 12.0. The molecule has 2 aromatic rings. The van der Waals surface area contributed by atoms with E-state index in [1.165, 1.54) is 12.8 Å². The summed E-state index contributed by atoms with van der Waals surface area (Å²) >= 11 is 0. The Morgan fingerprint density at radius 3 is 3.09 bits per heavy atom. The van der Waals surface area contributed by atoms with E-state index in [0.29, 0.717) is 35.7 Å². The number of nitrogens with one attached hydrogen (secondary N) is 1. The Morgan fingerprint density at radius 1 is 1.55 bits per heavy atom. The lowest BCUT2D eigenvalue weighted by atomic mass is 10.1. The Bertz CT molecular complexity index is 689. The molecular weight excluding hydrogens is 278 g/mol. The molecule has 0 bridgehead atoms. The predicted molar refractivity (Wildman–Crippen MR) is 83.4 cm³/mol. The Labute approximate surface area is 129 Å². The van der Waals surface area contributed by atoms with Crippen LogP contribution in [-0.4, -0.2) is 22.6 Å². The summed E-state index contributed by atoms with van der Waals surface area (Å²) < 4.78 is 5.37. The van der Waals surface area contributed by atoms with Crippen molar-refractivity contribution in [1.82, 2.24) is 15.5 Å². The lowest BCUT2D eigenvalue weighted by Crippen LogP contribution is -2.23. The van der Waals surface area contributed by atoms with Gasteiger partial charge >= 0.3 is 0 Å². The number of carbonyl (C=O) groups is 1. The zero-order valence-corrected chi connectivity index (χ0v) is 12.6. The van der Waals surface area contributed by atoms with Gasteiger partial charge in [0.2, 0.25) is 11.7 Å². The van der Waals surface area contributed by atoms with Crippen molar-refractivity contribution in [2.45, 2.75) is 25.7 Å². The molecule has 0 saturated heterocycles. The Morgan fingerprint density at radius 2 is 2.36 bits per heavy atom. The highest BCUT2D eigenvalue weighted by molar-refractivity contribution is 5.95. The Balaban J connectivity index is 1.79. The van der Waals surface area contributed by atoms with Crippen LogP contribution in [0.2, 0.25) is 0 Å². The minimum absolute atomic E-state index is 0.142. The summed E-state index contributed by atoms with van der Waals surface area (Å²) in [6, 6.07) is 7.23. The van der Waals surface area contributed by atoms with Crippen LogP contribution < -0.4 is 5.32 Å². The van der Waals surface area contributed by atoms with E-state index < -0.39 is 0 Å². The summed E-state index contributed by atoms with van der Waals surface area (Å²) in [4.78, 5) is 16.5. The van der Waals surface area contributed by atoms with Gasteiger partial charge < -0.3 is 9.84 Å². The second-order valence-corrected chi connectivity index (χ2v) is 5.66. The number of amides is 1. The standard InChI is InChI=1S/C17H19N3O2/c1-3-9-18-16(21)14-6-4-5-13(10-14)15-19-17(22-20-15)11(2)12-7-8-12/h3-6,10-12H,1,7-9H2,2H3,(H,18,21). The van der Waals surface area contributed by atoms with Gasteiger partial charge in [0.05, 0.1) is 0 Å². The zero-order chi connectivity index (χ0) is 15.5. The van der Waals surface area contributed by atoms with Gasteiger partial charge in [-0.25, -0.2) is 0 Å². The van der Waals surface area contributed by atoms with E-state index >= 15 is 0 Å². The number of carbonyl (C=O) groups excluding carboxylic acids is 1. The lowest BCUT2D eigenvalue weighted by molar-refractivity contribution is 0.0958. The van der Waals surface area contributed by atoms with Gasteiger partial charge in [0, 0.05) is 23.6 Å². The van der Waals surface area contributed by atoms with Gasteiger partial charge in [-0.3, -0.25) is 4.79 Å². The van der Waals surface area contributed by atoms with E-state index in [9.17, 15) is 4.79 Å². The van der Waals surface area contributed by atoms with E-state index in [1.54, 1.807) is 18.2 Å². The molecule has 3 rings (SSSR count). The summed E-state index contributed by atoms with van der Waals surface area (Å²) in [5.41, 5.74) is 1.35. The van der Waals surface area contributed by atoms with Crippen LogP contribution in [0.1, 0.15) is 41.9 Å². The quantitative estimate of drug-likeness (QED) is 0.832. The molecule has 1 amide bonds. The van der Waals surface area contributed by atoms with Gasteiger partial charge in [0.15, 0.2) is 0 Å². The highest BCUT2D eigenvalue weighted by Gasteiger charge is 2.32. The third kappa shape index (κ3) is 3.08. The number of hydrogen-bond acceptors (Lipinski definition) is 4. The van der Waals surface area contributed by atoms with E-state index in [4.69, 9.17) is 4.52 Å². The van der Waals surface area contributed by atoms with Crippen LogP contribution in [-0.2, 0) is 0 Å². The van der Waals surface area contributed by atoms with Gasteiger partial charge in [0.25, 0.3) is 5.91 Å². The van der Waals surface area contributed by atoms with Gasteiger partial charge in [-0.2, -0.15) is 4.98 Å². The Hall–Kier alpha value is -2.43. The molecule has 5 heteroatoms. The first-order chi connectivity index (χ1) is 10.7. The molecule has 0 spiro atoms. The number of hydrogen-bond donors (Lipinski definition) is 1. The molecule has 1 atom stereocenters. The van der Waals surface area contributed by atoms with E-state index in [1.807, 2.05) is 12.1 Å². The van der Waals surface area contributed by atoms with Crippen LogP contribution in [0.3, 0.4) is 0 Å². The monoisotopic (exact) mass is 297 g/mol. The van der Waals surface area contributed by atoms with Crippen molar-refractivity contribution < 1.29 is 9.32 Å². The number of nitrogens with zero attached hydrogens (tertiary/aromatic N) is 2. The minimum Gasteiger partial charge on any atom is -0.349 e. The first kappa shape index (κ1) is 14.5. The molecule has 1 aliphatic carbocycles. The average Bonchev–Trinajstić information content (AvgIpc) is 3.28. The van der Waals surface area contributed by atoms with Gasteiger partial charge in [-0.15, -0.1) is 6.58 Å². The van der Waals surface area contributed by atoms with Crippen molar-refractivity contribution in [3.8, 4) is 11.4 Å². The van der Waals surface area contributed by atoms with Crippen molar-refractivity contribution in [3.63, 3.8) is 0 Å². The van der Waals surface area contributed by atoms with Crippen LogP contribution in [0.4, 0.5) is 0 Å². The highest BCUT2D eigenvalue weighted by Crippen LogP contribution is 2.41. The second-order valence-electron chi connectivity index (χ2n) is 5.66. The van der Waals surface area contributed by atoms with Crippen molar-refractivity contribution in [1.29, 1.82) is 0 Å². The topological polar surface area (TPSA) is 68.0 Å². The molecule has 1 saturated carbocycles. The number of rotatable bonds is 6. The molecule has 5 nitrogen and oxygen atoms in total. The molecule has 1 aromatic heterocycles. The first-order valence-corrected chi connectivity index (χ1v) is 7.52. The summed E-state index contributed by atoms with van der Waals surface area (Å²) in [6.45, 7) is 6.14. The van der Waals surface area contributed by atoms with Gasteiger partial charge in [-0.1, -0.05) is 30.3 Å². The summed E-state index contributed by atoms with van der Waals surface area (Å²) in [7, 11) is 0. The summed E-state index contributed by atoms with van der Waals surface area (Å²) in [5.74, 6) is 2.04. The fourth-order valence-electron chi connectivity index (χ4n) is 2.40. The molecule has 1 aliphatic rings. The van der Waals surface area contributed by atoms with Crippen LogP contribution in [0, 0.1) is 5.92 Å². The smallest absolute Gasteiger partial charge is 0.251 e. The predicted octanol–water partition coefficient (Wildman–Crippen LogP) is 3.17. The van der Waals surface area contributed by atoms with Crippen LogP contribution in [0.15, 0.2) is 41.4 Å². The van der Waals surface area contributed by atoms with Crippen LogP contribution >= 0.6 is 0 Å². The maximum absolute atomic E-state index is 12.0. The normalized spacial score (nSPS) is 15.3. The molecule has 1 fully saturated rings. The fourth-order valence-corrected chi connectivity index (χ4v) is 2.40. The molecule has 22 heavy (non-hydrogen) atoms. The third-order valence-electron chi connectivity index (χ3n) is 3.95. The van der Waals surface area contributed by atoms with E-state index in [2.05, 4.69) is 29.0 Å². The lowest BCUT2D eigenvalue weighted by Gasteiger charge is -2.03. The Kier molecular flexibility index (Phi) is 4.04. The SMILES string of the molecule is C=CCNC(=O)c1cccc(-c2noc(C(C)C3CC3)n2)c1. The van der Waals surface area contributed by atoms with Crippen LogP contribution in [0.25, 0.3) is 11.4 Å².